The van der Waals surface area contributed by atoms with E-state index in [9.17, 15) is 4.79 Å². The predicted octanol–water partition coefficient (Wildman–Crippen LogP) is 5.57. The molecule has 28 heavy (non-hydrogen) atoms. The van der Waals surface area contributed by atoms with Crippen LogP contribution in [-0.4, -0.2) is 26.4 Å². The molecule has 0 radical (unpaired) electrons. The van der Waals surface area contributed by atoms with Gasteiger partial charge in [0.1, 0.15) is 5.84 Å². The van der Waals surface area contributed by atoms with E-state index in [2.05, 4.69) is 4.99 Å². The van der Waals surface area contributed by atoms with E-state index in [-0.39, 0.29) is 11.4 Å². The van der Waals surface area contributed by atoms with Crippen LogP contribution in [-0.2, 0) is 4.79 Å². The summed E-state index contributed by atoms with van der Waals surface area (Å²) in [6.45, 7) is 5.83. The zero-order valence-corrected chi connectivity index (χ0v) is 17.7. The van der Waals surface area contributed by atoms with Crippen molar-refractivity contribution in [2.45, 2.75) is 20.8 Å². The smallest absolute Gasteiger partial charge is 0.283 e. The van der Waals surface area contributed by atoms with Crippen molar-refractivity contribution in [3.05, 3.63) is 67.9 Å². The van der Waals surface area contributed by atoms with Gasteiger partial charge in [-0.25, -0.2) is 0 Å². The van der Waals surface area contributed by atoms with Gasteiger partial charge in [0.05, 0.1) is 16.3 Å². The van der Waals surface area contributed by atoms with Crippen LogP contribution in [0.15, 0.2) is 45.9 Å². The molecule has 2 aliphatic rings. The maximum atomic E-state index is 12.5. The van der Waals surface area contributed by atoms with Gasteiger partial charge in [-0.1, -0.05) is 35.0 Å². The Balaban J connectivity index is 1.81. The summed E-state index contributed by atoms with van der Waals surface area (Å²) in [7, 11) is 0. The fourth-order valence-corrected chi connectivity index (χ4v) is 4.50. The van der Waals surface area contributed by atoms with Gasteiger partial charge >= 0.3 is 0 Å². The Labute approximate surface area is 176 Å². The monoisotopic (exact) mass is 430 g/mol. The molecule has 0 unspecified atom stereocenters. The van der Waals surface area contributed by atoms with Crippen molar-refractivity contribution in [1.29, 1.82) is 5.41 Å². The molecule has 4 rings (SSSR count). The van der Waals surface area contributed by atoms with Crippen molar-refractivity contribution >= 4 is 58.0 Å². The zero-order chi connectivity index (χ0) is 20.2. The number of fused-ring (bicyclic) bond motifs is 1. The van der Waals surface area contributed by atoms with E-state index >= 15 is 0 Å². The standard InChI is InChI=1S/C20H16Cl2N4OS/c1-10-6-13(12(3)26(10)17-8-14(21)4-5-16(17)22)7-15-18(23)25-9-11(2)28-20(25)24-19(15)27/h4-9,23H,1-3H3/b15-7-,23-18?. The first kappa shape index (κ1) is 19.1. The molecule has 0 atom stereocenters. The molecule has 0 bridgehead atoms. The lowest BCUT2D eigenvalue weighted by molar-refractivity contribution is -0.114. The van der Waals surface area contributed by atoms with E-state index in [1.807, 2.05) is 37.6 Å². The Morgan fingerprint density at radius 2 is 1.93 bits per heavy atom. The molecule has 1 aromatic carbocycles. The molecule has 2 aliphatic heterocycles. The van der Waals surface area contributed by atoms with Crippen molar-refractivity contribution in [1.82, 2.24) is 9.47 Å². The topological polar surface area (TPSA) is 61.5 Å². The highest BCUT2D eigenvalue weighted by Gasteiger charge is 2.33. The largest absolute Gasteiger partial charge is 0.316 e. The van der Waals surface area contributed by atoms with E-state index in [0.29, 0.717) is 15.2 Å². The molecule has 5 nitrogen and oxygen atoms in total. The van der Waals surface area contributed by atoms with Crippen LogP contribution < -0.4 is 0 Å². The second kappa shape index (κ2) is 6.95. The highest BCUT2D eigenvalue weighted by atomic mass is 35.5. The third kappa shape index (κ3) is 3.11. The van der Waals surface area contributed by atoms with Crippen LogP contribution in [0.2, 0.25) is 10.0 Å². The summed E-state index contributed by atoms with van der Waals surface area (Å²) in [5, 5.41) is 10.2. The minimum Gasteiger partial charge on any atom is -0.316 e. The van der Waals surface area contributed by atoms with Crippen LogP contribution in [0.3, 0.4) is 0 Å². The Morgan fingerprint density at radius 1 is 1.18 bits per heavy atom. The summed E-state index contributed by atoms with van der Waals surface area (Å²) in [6.07, 6.45) is 3.54. The van der Waals surface area contributed by atoms with Crippen molar-refractivity contribution in [3.8, 4) is 5.69 Å². The predicted molar refractivity (Wildman–Crippen MR) is 117 cm³/mol. The summed E-state index contributed by atoms with van der Waals surface area (Å²) in [5.41, 5.74) is 3.70. The van der Waals surface area contributed by atoms with Crippen LogP contribution in [0.1, 0.15) is 23.9 Å². The second-order valence-corrected chi connectivity index (χ2v) is 8.63. The van der Waals surface area contributed by atoms with Gasteiger partial charge in [0.2, 0.25) is 0 Å². The normalized spacial score (nSPS) is 17.9. The lowest BCUT2D eigenvalue weighted by Crippen LogP contribution is -2.35. The number of hydrogen-bond donors (Lipinski definition) is 1. The first-order valence-corrected chi connectivity index (χ1v) is 10.1. The number of nitrogens with zero attached hydrogens (tertiary/aromatic N) is 3. The molecule has 0 spiro atoms. The van der Waals surface area contributed by atoms with E-state index < -0.39 is 5.91 Å². The molecule has 2 aromatic rings. The van der Waals surface area contributed by atoms with Gasteiger partial charge in [-0.2, -0.15) is 4.99 Å². The van der Waals surface area contributed by atoms with Gasteiger partial charge in [-0.05, 0) is 56.7 Å². The number of nitrogens with one attached hydrogen (secondary N) is 1. The van der Waals surface area contributed by atoms with Crippen LogP contribution in [0.5, 0.6) is 0 Å². The van der Waals surface area contributed by atoms with E-state index in [0.717, 1.165) is 27.5 Å². The zero-order valence-electron chi connectivity index (χ0n) is 15.4. The number of carbonyl (C=O) groups excluding carboxylic acids is 1. The average Bonchev–Trinajstić information content (AvgIpc) is 3.13. The second-order valence-electron chi connectivity index (χ2n) is 6.58. The maximum Gasteiger partial charge on any atom is 0.283 e. The minimum atomic E-state index is -0.405. The molecule has 1 N–H and O–H groups in total. The minimum absolute atomic E-state index is 0.130. The number of aliphatic imine (C=N–C) groups is 1. The number of thioether (sulfide) groups is 1. The Bertz CT molecular complexity index is 1140. The van der Waals surface area contributed by atoms with Crippen LogP contribution in [0.25, 0.3) is 11.8 Å². The lowest BCUT2D eigenvalue weighted by Gasteiger charge is -2.22. The first-order valence-electron chi connectivity index (χ1n) is 8.50. The number of aryl methyl sites for hydroxylation is 1. The molecule has 1 aromatic heterocycles. The van der Waals surface area contributed by atoms with Crippen molar-refractivity contribution < 1.29 is 4.79 Å². The molecular formula is C20H16Cl2N4OS. The third-order valence-corrected chi connectivity index (χ3v) is 6.06. The summed E-state index contributed by atoms with van der Waals surface area (Å²) >= 11 is 13.9. The lowest BCUT2D eigenvalue weighted by atomic mass is 10.1. The molecule has 0 aliphatic carbocycles. The number of halogens is 2. The number of hydrogen-bond acceptors (Lipinski definition) is 3. The van der Waals surface area contributed by atoms with Gasteiger partial charge in [0.25, 0.3) is 5.91 Å². The van der Waals surface area contributed by atoms with Crippen LogP contribution in [0, 0.1) is 19.3 Å². The Morgan fingerprint density at radius 3 is 2.68 bits per heavy atom. The van der Waals surface area contributed by atoms with Crippen LogP contribution in [0.4, 0.5) is 0 Å². The number of amidine groups is 2. The van der Waals surface area contributed by atoms with Gasteiger partial charge in [0.15, 0.2) is 5.17 Å². The van der Waals surface area contributed by atoms with Crippen molar-refractivity contribution in [2.75, 3.05) is 0 Å². The van der Waals surface area contributed by atoms with Gasteiger partial charge in [-0.3, -0.25) is 15.1 Å². The van der Waals surface area contributed by atoms with E-state index in [1.54, 1.807) is 29.2 Å². The Hall–Kier alpha value is -2.28. The SMILES string of the molecule is CC1=CN2C(=N)/C(=C/c3cc(C)n(-c4cc(Cl)ccc4Cl)c3C)C(=O)N=C2S1. The third-order valence-electron chi connectivity index (χ3n) is 4.61. The number of amides is 1. The molecule has 142 valence electrons. The summed E-state index contributed by atoms with van der Waals surface area (Å²) in [6, 6.07) is 7.26. The fourth-order valence-electron chi connectivity index (χ4n) is 3.32. The molecule has 0 saturated heterocycles. The van der Waals surface area contributed by atoms with E-state index in [4.69, 9.17) is 28.6 Å². The average molecular weight is 431 g/mol. The van der Waals surface area contributed by atoms with Gasteiger partial charge in [-0.15, -0.1) is 0 Å². The highest BCUT2D eigenvalue weighted by Crippen LogP contribution is 2.34. The fraction of sp³-hybridized carbons (Fsp3) is 0.150. The summed E-state index contributed by atoms with van der Waals surface area (Å²) in [4.78, 5) is 19.3. The molecular weight excluding hydrogens is 415 g/mol. The van der Waals surface area contributed by atoms with Crippen LogP contribution >= 0.6 is 35.0 Å². The number of allylic oxidation sites excluding steroid dienone is 1. The van der Waals surface area contributed by atoms with E-state index in [1.165, 1.54) is 11.8 Å². The van der Waals surface area contributed by atoms with Crippen molar-refractivity contribution in [3.63, 3.8) is 0 Å². The first-order chi connectivity index (χ1) is 13.3. The molecule has 0 fully saturated rings. The Kier molecular flexibility index (Phi) is 4.73. The molecule has 1 amide bonds. The summed E-state index contributed by atoms with van der Waals surface area (Å²) < 4.78 is 1.99. The molecule has 3 heterocycles. The van der Waals surface area contributed by atoms with Gasteiger partial charge in [0, 0.05) is 27.5 Å². The quantitative estimate of drug-likeness (QED) is 0.633. The van der Waals surface area contributed by atoms with Gasteiger partial charge < -0.3 is 4.57 Å². The number of rotatable bonds is 2. The highest BCUT2D eigenvalue weighted by molar-refractivity contribution is 8.17. The molecule has 8 heteroatoms. The molecule has 0 saturated carbocycles. The number of carbonyl (C=O) groups is 1. The maximum absolute atomic E-state index is 12.5. The number of benzene rings is 1. The number of aromatic nitrogens is 1. The van der Waals surface area contributed by atoms with Crippen molar-refractivity contribution in [2.24, 2.45) is 4.99 Å². The summed E-state index contributed by atoms with van der Waals surface area (Å²) in [5.74, 6) is -0.276.